The van der Waals surface area contributed by atoms with Crippen LogP contribution in [0.2, 0.25) is 0 Å². The van der Waals surface area contributed by atoms with Crippen molar-refractivity contribution < 1.29 is 23.9 Å². The molecule has 1 amide bonds. The number of rotatable bonds is 10. The highest BCUT2D eigenvalue weighted by molar-refractivity contribution is 7.81. The largest absolute Gasteiger partial charge is 0.481 e. The third kappa shape index (κ3) is 6.71. The highest BCUT2D eigenvalue weighted by atomic mass is 32.1. The second-order valence-corrected chi connectivity index (χ2v) is 10.4. The second-order valence-electron chi connectivity index (χ2n) is 9.77. The molecule has 0 radical (unpaired) electrons. The van der Waals surface area contributed by atoms with E-state index in [4.69, 9.17) is 17.7 Å². The normalized spacial score (nSPS) is 24.1. The molecule has 9 heteroatoms. The van der Waals surface area contributed by atoms with E-state index in [1.807, 2.05) is 15.9 Å². The highest BCUT2D eigenvalue weighted by Gasteiger charge is 2.40. The maximum atomic E-state index is 14.7. The van der Waals surface area contributed by atoms with Crippen molar-refractivity contribution in [3.63, 3.8) is 0 Å². The number of piperazine rings is 1. The maximum Gasteiger partial charge on any atom is 0.303 e. The van der Waals surface area contributed by atoms with Crippen molar-refractivity contribution in [1.82, 2.24) is 14.7 Å². The Kier molecular flexibility index (Phi) is 8.62. The lowest BCUT2D eigenvalue weighted by Crippen LogP contribution is -2.50. The number of carboxylic acids is 1. The third-order valence-electron chi connectivity index (χ3n) is 7.15. The lowest BCUT2D eigenvalue weighted by molar-refractivity contribution is -0.137. The molecule has 0 aromatic heterocycles. The first kappa shape index (κ1) is 25.9. The van der Waals surface area contributed by atoms with Crippen molar-refractivity contribution in [3.05, 3.63) is 47.3 Å². The molecule has 1 saturated carbocycles. The van der Waals surface area contributed by atoms with Gasteiger partial charge in [0.2, 0.25) is 5.91 Å². The number of piperidine rings is 1. The average Bonchev–Trinajstić information content (AvgIpc) is 3.67. The first-order valence-corrected chi connectivity index (χ1v) is 13.0. The van der Waals surface area contributed by atoms with Crippen LogP contribution in [0.4, 0.5) is 4.39 Å². The van der Waals surface area contributed by atoms with Crippen LogP contribution in [-0.4, -0.2) is 88.5 Å². The predicted octanol–water partition coefficient (Wildman–Crippen LogP) is 2.79. The summed E-state index contributed by atoms with van der Waals surface area (Å²) in [7, 11) is 0. The first-order valence-electron chi connectivity index (χ1n) is 12.4. The number of nitrogens with zero attached hydrogens (tertiary/aromatic N) is 3. The predicted molar refractivity (Wildman–Crippen MR) is 134 cm³/mol. The SMILES string of the molecule is O=C(O)CCCN1CCN(C/C=C2\CN(C(C(=O)C3CC3)c3ccccc3F)CCC2S)C(=O)C1. The molecule has 0 bridgehead atoms. The minimum Gasteiger partial charge on any atom is -0.481 e. The van der Waals surface area contributed by atoms with Gasteiger partial charge in [-0.15, -0.1) is 0 Å². The summed E-state index contributed by atoms with van der Waals surface area (Å²) in [6, 6.07) is 5.96. The molecule has 0 spiro atoms. The van der Waals surface area contributed by atoms with Gasteiger partial charge < -0.3 is 10.0 Å². The number of aliphatic carboxylic acids is 1. The van der Waals surface area contributed by atoms with Gasteiger partial charge in [0, 0.05) is 55.9 Å². The molecule has 2 unspecified atom stereocenters. The number of carbonyl (C=O) groups is 3. The van der Waals surface area contributed by atoms with Crippen molar-refractivity contribution in [2.45, 2.75) is 43.4 Å². The number of thiol groups is 1. The Hall–Kier alpha value is -2.23. The summed E-state index contributed by atoms with van der Waals surface area (Å²) in [5, 5.41) is 8.83. The number of likely N-dealkylation sites (tertiary alicyclic amines) is 1. The summed E-state index contributed by atoms with van der Waals surface area (Å²) < 4.78 is 14.7. The molecule has 1 aromatic carbocycles. The number of ketones is 1. The molecule has 1 aromatic rings. The van der Waals surface area contributed by atoms with Crippen LogP contribution in [0.25, 0.3) is 0 Å². The molecule has 2 atom stereocenters. The highest BCUT2D eigenvalue weighted by Crippen LogP contribution is 2.39. The van der Waals surface area contributed by atoms with Gasteiger partial charge in [-0.1, -0.05) is 24.3 Å². The Morgan fingerprint density at radius 2 is 1.91 bits per heavy atom. The fourth-order valence-electron chi connectivity index (χ4n) is 4.95. The molecular weight excluding hydrogens is 469 g/mol. The number of benzene rings is 1. The van der Waals surface area contributed by atoms with Crippen LogP contribution in [0.15, 0.2) is 35.9 Å². The van der Waals surface area contributed by atoms with Crippen LogP contribution in [-0.2, 0) is 14.4 Å². The van der Waals surface area contributed by atoms with Gasteiger partial charge in [-0.2, -0.15) is 12.6 Å². The van der Waals surface area contributed by atoms with E-state index in [1.165, 1.54) is 6.07 Å². The molecule has 190 valence electrons. The lowest BCUT2D eigenvalue weighted by Gasteiger charge is -2.38. The molecule has 1 aliphatic carbocycles. The maximum absolute atomic E-state index is 14.7. The van der Waals surface area contributed by atoms with Gasteiger partial charge in [-0.25, -0.2) is 4.39 Å². The smallest absolute Gasteiger partial charge is 0.303 e. The Labute approximate surface area is 211 Å². The molecule has 2 saturated heterocycles. The number of carboxylic acid groups (broad SMARTS) is 1. The van der Waals surface area contributed by atoms with E-state index in [-0.39, 0.29) is 35.1 Å². The van der Waals surface area contributed by atoms with Crippen molar-refractivity contribution in [1.29, 1.82) is 0 Å². The minimum absolute atomic E-state index is 0.0187. The molecule has 1 N–H and O–H groups in total. The second kappa shape index (κ2) is 11.7. The van der Waals surface area contributed by atoms with Gasteiger partial charge in [0.15, 0.2) is 5.78 Å². The monoisotopic (exact) mass is 503 g/mol. The van der Waals surface area contributed by atoms with E-state index in [9.17, 15) is 18.8 Å². The van der Waals surface area contributed by atoms with Crippen molar-refractivity contribution in [2.75, 3.05) is 45.8 Å². The topological polar surface area (TPSA) is 81.2 Å². The van der Waals surface area contributed by atoms with Crippen molar-refractivity contribution in [3.8, 4) is 0 Å². The molecule has 4 rings (SSSR count). The third-order valence-corrected chi connectivity index (χ3v) is 7.74. The van der Waals surface area contributed by atoms with Crippen molar-refractivity contribution in [2.24, 2.45) is 5.92 Å². The molecule has 2 heterocycles. The van der Waals surface area contributed by atoms with Gasteiger partial charge in [0.05, 0.1) is 12.6 Å². The molecule has 35 heavy (non-hydrogen) atoms. The van der Waals surface area contributed by atoms with Crippen LogP contribution >= 0.6 is 12.6 Å². The van der Waals surface area contributed by atoms with E-state index in [0.717, 1.165) is 31.4 Å². The zero-order valence-corrected chi connectivity index (χ0v) is 20.8. The zero-order chi connectivity index (χ0) is 24.9. The fourth-order valence-corrected chi connectivity index (χ4v) is 5.26. The van der Waals surface area contributed by atoms with Gasteiger partial charge in [0.25, 0.3) is 0 Å². The lowest BCUT2D eigenvalue weighted by atomic mass is 9.93. The molecular formula is C26H34FN3O4S. The summed E-state index contributed by atoms with van der Waals surface area (Å²) >= 11 is 4.75. The Morgan fingerprint density at radius 1 is 1.14 bits per heavy atom. The van der Waals surface area contributed by atoms with Crippen LogP contribution in [0.1, 0.15) is 43.7 Å². The molecule has 2 aliphatic heterocycles. The summed E-state index contributed by atoms with van der Waals surface area (Å²) in [5.41, 5.74) is 1.50. The minimum atomic E-state index is -0.819. The number of hydrogen-bond acceptors (Lipinski definition) is 6. The van der Waals surface area contributed by atoms with Gasteiger partial charge in [0.1, 0.15) is 5.82 Å². The van der Waals surface area contributed by atoms with Crippen LogP contribution in [0, 0.1) is 11.7 Å². The summed E-state index contributed by atoms with van der Waals surface area (Å²) in [5.74, 6) is -1.02. The Morgan fingerprint density at radius 3 is 2.60 bits per heavy atom. The van der Waals surface area contributed by atoms with E-state index >= 15 is 0 Å². The van der Waals surface area contributed by atoms with Crippen LogP contribution in [0.3, 0.4) is 0 Å². The Balaban J connectivity index is 1.40. The number of hydrogen-bond donors (Lipinski definition) is 2. The zero-order valence-electron chi connectivity index (χ0n) is 19.9. The van der Waals surface area contributed by atoms with Gasteiger partial charge in [-0.05, 0) is 43.9 Å². The van der Waals surface area contributed by atoms with Crippen molar-refractivity contribution >= 4 is 30.3 Å². The number of carbonyl (C=O) groups excluding carboxylic acids is 2. The van der Waals surface area contributed by atoms with Crippen LogP contribution < -0.4 is 0 Å². The van der Waals surface area contributed by atoms with Gasteiger partial charge in [-0.3, -0.25) is 24.2 Å². The average molecular weight is 504 g/mol. The van der Waals surface area contributed by atoms with Crippen LogP contribution in [0.5, 0.6) is 0 Å². The quantitative estimate of drug-likeness (QED) is 0.378. The summed E-state index contributed by atoms with van der Waals surface area (Å²) in [4.78, 5) is 42.4. The summed E-state index contributed by atoms with van der Waals surface area (Å²) in [6.07, 6.45) is 5.19. The van der Waals surface area contributed by atoms with E-state index in [0.29, 0.717) is 51.3 Å². The van der Waals surface area contributed by atoms with E-state index in [1.54, 1.807) is 18.2 Å². The summed E-state index contributed by atoms with van der Waals surface area (Å²) in [6.45, 7) is 3.87. The van der Waals surface area contributed by atoms with E-state index in [2.05, 4.69) is 4.90 Å². The Bertz CT molecular complexity index is 983. The van der Waals surface area contributed by atoms with E-state index < -0.39 is 12.0 Å². The standard InChI is InChI=1S/C26H34FN3O4S/c27-21-5-2-1-4-20(21)25(26(34)18-7-8-18)30-13-10-22(35)19(16-30)9-12-29-15-14-28(17-23(29)31)11-3-6-24(32)33/h1-2,4-5,9,18,22,25,35H,3,6-8,10-17H2,(H,32,33)/b19-9+. The molecule has 3 aliphatic rings. The fraction of sp³-hybridized carbons (Fsp3) is 0.577. The molecule has 3 fully saturated rings. The van der Waals surface area contributed by atoms with Gasteiger partial charge >= 0.3 is 5.97 Å². The number of halogens is 1. The number of amides is 1. The first-order chi connectivity index (χ1) is 16.8. The number of Topliss-reactive ketones (excluding diaryl/α,β-unsaturated/α-hetero) is 1. The molecule has 7 nitrogen and oxygen atoms in total.